The molecule has 4 heteroatoms. The van der Waals surface area contributed by atoms with Crippen molar-refractivity contribution in [1.82, 2.24) is 9.55 Å². The van der Waals surface area contributed by atoms with Crippen LogP contribution in [0.25, 0.3) is 10.9 Å². The summed E-state index contributed by atoms with van der Waals surface area (Å²) in [6.45, 7) is 8.95. The Hall–Kier alpha value is -2.00. The van der Waals surface area contributed by atoms with E-state index in [0.717, 1.165) is 17.0 Å². The Morgan fingerprint density at radius 1 is 1.09 bits per heavy atom. The third kappa shape index (κ3) is 3.06. The van der Waals surface area contributed by atoms with Crippen molar-refractivity contribution in [3.8, 4) is 5.75 Å². The van der Waals surface area contributed by atoms with E-state index in [4.69, 9.17) is 4.74 Å². The van der Waals surface area contributed by atoms with E-state index in [-0.39, 0.29) is 12.4 Å². The van der Waals surface area contributed by atoms with Crippen molar-refractivity contribution in [1.29, 1.82) is 0 Å². The Bertz CT molecular complexity index is 852. The lowest BCUT2D eigenvalue weighted by atomic mass is 10.1. The van der Waals surface area contributed by atoms with Crippen molar-refractivity contribution in [2.45, 2.75) is 34.3 Å². The number of ether oxygens (including phenoxy) is 1. The molecule has 0 aliphatic rings. The molecule has 0 aliphatic heterocycles. The van der Waals surface area contributed by atoms with Gasteiger partial charge in [0.15, 0.2) is 0 Å². The van der Waals surface area contributed by atoms with Gasteiger partial charge in [0.1, 0.15) is 18.1 Å². The number of aromatic nitrogens is 2. The van der Waals surface area contributed by atoms with Gasteiger partial charge in [0.05, 0.1) is 5.52 Å². The van der Waals surface area contributed by atoms with E-state index in [2.05, 4.69) is 62.5 Å². The molecule has 3 aromatic rings. The molecule has 0 radical (unpaired) electrons. The van der Waals surface area contributed by atoms with Gasteiger partial charge in [-0.2, -0.15) is 0 Å². The van der Waals surface area contributed by atoms with Crippen LogP contribution in [0, 0.1) is 27.7 Å². The van der Waals surface area contributed by atoms with Crippen LogP contribution in [0.5, 0.6) is 5.75 Å². The normalized spacial score (nSPS) is 10.7. The Kier molecular flexibility index (Phi) is 5.00. The number of rotatable bonds is 3. The molecule has 3 rings (SSSR count). The van der Waals surface area contributed by atoms with Gasteiger partial charge in [-0.1, -0.05) is 17.7 Å². The van der Waals surface area contributed by atoms with Gasteiger partial charge >= 0.3 is 0 Å². The van der Waals surface area contributed by atoms with Crippen LogP contribution in [-0.2, 0) is 13.7 Å². The quantitative estimate of drug-likeness (QED) is 0.689. The molecule has 2 heterocycles. The molecule has 0 fully saturated rings. The molecule has 0 aliphatic carbocycles. The molecule has 0 spiro atoms. The topological polar surface area (TPSA) is 27.1 Å². The second-order valence-electron chi connectivity index (χ2n) is 5.98. The summed E-state index contributed by atoms with van der Waals surface area (Å²) in [6.07, 6.45) is 1.87. The molecular weight excluding hydrogens is 308 g/mol. The van der Waals surface area contributed by atoms with Crippen LogP contribution in [0.2, 0.25) is 0 Å². The number of fused-ring (bicyclic) bond motifs is 1. The number of hydrogen-bond donors (Lipinski definition) is 0. The van der Waals surface area contributed by atoms with Crippen molar-refractivity contribution < 1.29 is 4.74 Å². The predicted molar refractivity (Wildman–Crippen MR) is 97.7 cm³/mol. The number of pyridine rings is 1. The Morgan fingerprint density at radius 2 is 1.83 bits per heavy atom. The highest BCUT2D eigenvalue weighted by Crippen LogP contribution is 2.27. The average Bonchev–Trinajstić information content (AvgIpc) is 2.72. The third-order valence-corrected chi connectivity index (χ3v) is 4.48. The molecule has 122 valence electrons. The molecule has 0 unspecified atom stereocenters. The molecule has 0 saturated carbocycles. The minimum absolute atomic E-state index is 0. The molecule has 0 bridgehead atoms. The van der Waals surface area contributed by atoms with E-state index in [1.807, 2.05) is 12.3 Å². The number of hydrogen-bond acceptors (Lipinski definition) is 2. The summed E-state index contributed by atoms with van der Waals surface area (Å²) in [5.41, 5.74) is 7.15. The molecule has 23 heavy (non-hydrogen) atoms. The van der Waals surface area contributed by atoms with E-state index >= 15 is 0 Å². The van der Waals surface area contributed by atoms with E-state index < -0.39 is 0 Å². The Balaban J connectivity index is 0.00000192. The fourth-order valence-corrected chi connectivity index (χ4v) is 3.00. The second-order valence-corrected chi connectivity index (χ2v) is 5.98. The highest BCUT2D eigenvalue weighted by atomic mass is 35.5. The SMILES string of the molecule is Cc1ccc(OCc2nccc3c(C)c(C)n(C)c23)c(C)c1.Cl. The first kappa shape index (κ1) is 17.4. The van der Waals surface area contributed by atoms with Crippen molar-refractivity contribution in [2.24, 2.45) is 7.05 Å². The largest absolute Gasteiger partial charge is 0.487 e. The molecule has 1 aromatic carbocycles. The number of aryl methyl sites for hydroxylation is 4. The molecule has 0 amide bonds. The summed E-state index contributed by atoms with van der Waals surface area (Å²) in [6, 6.07) is 8.33. The monoisotopic (exact) mass is 330 g/mol. The van der Waals surface area contributed by atoms with Gasteiger partial charge in [-0.15, -0.1) is 12.4 Å². The van der Waals surface area contributed by atoms with Crippen LogP contribution in [0.4, 0.5) is 0 Å². The zero-order chi connectivity index (χ0) is 15.9. The number of halogens is 1. The van der Waals surface area contributed by atoms with Gasteiger partial charge in [-0.05, 0) is 51.0 Å². The lowest BCUT2D eigenvalue weighted by molar-refractivity contribution is 0.300. The molecule has 0 saturated heterocycles. The minimum atomic E-state index is 0. The van der Waals surface area contributed by atoms with Crippen molar-refractivity contribution >= 4 is 23.3 Å². The first-order chi connectivity index (χ1) is 10.5. The standard InChI is InChI=1S/C19H22N2O.ClH/c1-12-6-7-18(13(2)10-12)22-11-17-19-16(8-9-20-17)14(3)15(4)21(19)5;/h6-10H,11H2,1-5H3;1H. The van der Waals surface area contributed by atoms with Crippen LogP contribution in [-0.4, -0.2) is 9.55 Å². The van der Waals surface area contributed by atoms with Gasteiger partial charge in [-0.25, -0.2) is 0 Å². The summed E-state index contributed by atoms with van der Waals surface area (Å²) in [5, 5.41) is 1.26. The van der Waals surface area contributed by atoms with Crippen LogP contribution < -0.4 is 4.74 Å². The van der Waals surface area contributed by atoms with Crippen molar-refractivity contribution in [3.63, 3.8) is 0 Å². The van der Waals surface area contributed by atoms with Crippen LogP contribution in [0.15, 0.2) is 30.5 Å². The van der Waals surface area contributed by atoms with Gasteiger partial charge in [0.2, 0.25) is 0 Å². The van der Waals surface area contributed by atoms with E-state index in [0.29, 0.717) is 6.61 Å². The Morgan fingerprint density at radius 3 is 2.52 bits per heavy atom. The van der Waals surface area contributed by atoms with Crippen LogP contribution in [0.3, 0.4) is 0 Å². The average molecular weight is 331 g/mol. The third-order valence-electron chi connectivity index (χ3n) is 4.48. The zero-order valence-corrected chi connectivity index (χ0v) is 15.1. The van der Waals surface area contributed by atoms with Crippen LogP contribution in [0.1, 0.15) is 28.1 Å². The van der Waals surface area contributed by atoms with E-state index in [1.165, 1.54) is 27.7 Å². The van der Waals surface area contributed by atoms with Gasteiger partial charge in [0.25, 0.3) is 0 Å². The summed E-state index contributed by atoms with van der Waals surface area (Å²) in [7, 11) is 2.09. The fraction of sp³-hybridized carbons (Fsp3) is 0.316. The molecule has 0 atom stereocenters. The van der Waals surface area contributed by atoms with Crippen LogP contribution >= 0.6 is 12.4 Å². The lowest BCUT2D eigenvalue weighted by Crippen LogP contribution is -2.03. The van der Waals surface area contributed by atoms with Crippen molar-refractivity contribution in [2.75, 3.05) is 0 Å². The zero-order valence-electron chi connectivity index (χ0n) is 14.3. The first-order valence-electron chi connectivity index (χ1n) is 7.58. The van der Waals surface area contributed by atoms with E-state index in [9.17, 15) is 0 Å². The van der Waals surface area contributed by atoms with Crippen molar-refractivity contribution in [3.05, 3.63) is 58.5 Å². The van der Waals surface area contributed by atoms with Gasteiger partial charge < -0.3 is 9.30 Å². The summed E-state index contributed by atoms with van der Waals surface area (Å²) in [4.78, 5) is 4.54. The highest BCUT2D eigenvalue weighted by Gasteiger charge is 2.13. The summed E-state index contributed by atoms with van der Waals surface area (Å²) >= 11 is 0. The maximum atomic E-state index is 6.01. The minimum Gasteiger partial charge on any atom is -0.487 e. The molecule has 2 aromatic heterocycles. The Labute approximate surface area is 143 Å². The maximum absolute atomic E-state index is 6.01. The maximum Gasteiger partial charge on any atom is 0.132 e. The predicted octanol–water partition coefficient (Wildman–Crippen LogP) is 4.81. The fourth-order valence-electron chi connectivity index (χ4n) is 3.00. The second kappa shape index (κ2) is 6.63. The number of nitrogens with zero attached hydrogens (tertiary/aromatic N) is 2. The molecular formula is C19H23ClN2O. The summed E-state index contributed by atoms with van der Waals surface area (Å²) < 4.78 is 8.22. The smallest absolute Gasteiger partial charge is 0.132 e. The summed E-state index contributed by atoms with van der Waals surface area (Å²) in [5.74, 6) is 0.923. The molecule has 3 nitrogen and oxygen atoms in total. The van der Waals surface area contributed by atoms with Gasteiger partial charge in [0, 0.05) is 24.3 Å². The van der Waals surface area contributed by atoms with E-state index in [1.54, 1.807) is 0 Å². The lowest BCUT2D eigenvalue weighted by Gasteiger charge is -2.11. The molecule has 0 N–H and O–H groups in total. The van der Waals surface area contributed by atoms with Gasteiger partial charge in [-0.3, -0.25) is 4.98 Å². The first-order valence-corrected chi connectivity index (χ1v) is 7.58. The number of benzene rings is 1. The highest BCUT2D eigenvalue weighted by molar-refractivity contribution is 5.86.